The van der Waals surface area contributed by atoms with E-state index in [1.807, 2.05) is 0 Å². The Morgan fingerprint density at radius 2 is 1.92 bits per heavy atom. The summed E-state index contributed by atoms with van der Waals surface area (Å²) in [6.07, 6.45) is -4.63. The van der Waals surface area contributed by atoms with Crippen molar-refractivity contribution in [2.75, 3.05) is 13.2 Å². The van der Waals surface area contributed by atoms with Crippen molar-refractivity contribution in [1.82, 2.24) is 10.6 Å². The summed E-state index contributed by atoms with van der Waals surface area (Å²) in [5, 5.41) is 3.41. The van der Waals surface area contributed by atoms with Crippen molar-refractivity contribution in [1.29, 1.82) is 0 Å². The van der Waals surface area contributed by atoms with Gasteiger partial charge in [-0.3, -0.25) is 10.1 Å². The Hall–Kier alpha value is -2.40. The van der Waals surface area contributed by atoms with Crippen molar-refractivity contribution in [2.24, 2.45) is 0 Å². The zero-order valence-corrected chi connectivity index (χ0v) is 14.1. The smallest absolute Gasteiger partial charge is 0.405 e. The number of hydrogen-bond donors (Lipinski definition) is 2. The van der Waals surface area contributed by atoms with Crippen LogP contribution in [-0.2, 0) is 9.53 Å². The van der Waals surface area contributed by atoms with Crippen LogP contribution in [0.25, 0.3) is 10.1 Å². The van der Waals surface area contributed by atoms with E-state index in [-0.39, 0.29) is 9.90 Å². The summed E-state index contributed by atoms with van der Waals surface area (Å²) in [5.74, 6) is -2.66. The molecule has 1 heterocycles. The number of carbonyl (C=O) groups is 3. The van der Waals surface area contributed by atoms with Crippen molar-refractivity contribution in [3.8, 4) is 0 Å². The maximum absolute atomic E-state index is 13.2. The summed E-state index contributed by atoms with van der Waals surface area (Å²) >= 11 is 6.84. The fourth-order valence-corrected chi connectivity index (χ4v) is 3.18. The SMILES string of the molecule is O=C(COC(=O)c1sc2cc(F)ccc2c1Cl)NC(=O)NCC(F)(F)F. The second-order valence-electron chi connectivity index (χ2n) is 4.81. The predicted molar refractivity (Wildman–Crippen MR) is 84.7 cm³/mol. The van der Waals surface area contributed by atoms with Gasteiger partial charge in [-0.2, -0.15) is 13.2 Å². The number of rotatable bonds is 4. The molecule has 0 spiro atoms. The van der Waals surface area contributed by atoms with Crippen LogP contribution in [-0.4, -0.2) is 37.2 Å². The second kappa shape index (κ2) is 7.87. The third-order valence-corrected chi connectivity index (χ3v) is 4.45. The van der Waals surface area contributed by atoms with E-state index < -0.39 is 43.1 Å². The van der Waals surface area contributed by atoms with Crippen molar-refractivity contribution in [2.45, 2.75) is 6.18 Å². The third kappa shape index (κ3) is 5.30. The van der Waals surface area contributed by atoms with E-state index in [0.29, 0.717) is 10.1 Å². The average Bonchev–Trinajstić information content (AvgIpc) is 2.86. The molecule has 2 aromatic rings. The lowest BCUT2D eigenvalue weighted by molar-refractivity contribution is -0.125. The summed E-state index contributed by atoms with van der Waals surface area (Å²) in [5.41, 5.74) is 0. The Bertz CT molecular complexity index is 868. The molecule has 0 aliphatic rings. The highest BCUT2D eigenvalue weighted by atomic mass is 35.5. The molecule has 1 aromatic carbocycles. The lowest BCUT2D eigenvalue weighted by Crippen LogP contribution is -2.44. The number of esters is 1. The summed E-state index contributed by atoms with van der Waals surface area (Å²) in [6.45, 7) is -2.54. The third-order valence-electron chi connectivity index (χ3n) is 2.81. The van der Waals surface area contributed by atoms with Gasteiger partial charge in [0.2, 0.25) is 0 Å². The Morgan fingerprint density at radius 1 is 1.23 bits per heavy atom. The van der Waals surface area contributed by atoms with E-state index in [2.05, 4.69) is 4.74 Å². The Labute approximate surface area is 152 Å². The first-order chi connectivity index (χ1) is 12.1. The number of thiophene rings is 1. The summed E-state index contributed by atoms with van der Waals surface area (Å²) in [4.78, 5) is 34.4. The largest absolute Gasteiger partial charge is 0.451 e. The number of carbonyl (C=O) groups excluding carboxylic acids is 3. The standard InChI is InChI=1S/C14H9ClF4N2O4S/c15-10-7-2-1-6(16)3-8(7)26-11(10)12(23)25-4-9(22)21-13(24)20-5-14(17,18)19/h1-3H,4-5H2,(H2,20,21,22,24). The topological polar surface area (TPSA) is 84.5 Å². The quantitative estimate of drug-likeness (QED) is 0.596. The molecule has 0 radical (unpaired) electrons. The number of nitrogens with one attached hydrogen (secondary N) is 2. The maximum atomic E-state index is 13.2. The molecule has 0 saturated heterocycles. The number of imide groups is 1. The fourth-order valence-electron chi connectivity index (χ4n) is 1.75. The molecule has 0 unspecified atom stereocenters. The van der Waals surface area contributed by atoms with Crippen LogP contribution in [0.1, 0.15) is 9.67 Å². The lowest BCUT2D eigenvalue weighted by atomic mass is 10.2. The minimum atomic E-state index is -4.63. The number of fused-ring (bicyclic) bond motifs is 1. The van der Waals surface area contributed by atoms with Gasteiger partial charge >= 0.3 is 18.2 Å². The molecule has 2 rings (SSSR count). The van der Waals surface area contributed by atoms with E-state index >= 15 is 0 Å². The molecule has 6 nitrogen and oxygen atoms in total. The van der Waals surface area contributed by atoms with Crippen LogP contribution >= 0.6 is 22.9 Å². The first-order valence-corrected chi connectivity index (χ1v) is 7.95. The minimum absolute atomic E-state index is 0.0123. The van der Waals surface area contributed by atoms with Crippen molar-refractivity contribution < 1.29 is 36.7 Å². The van der Waals surface area contributed by atoms with Gasteiger partial charge in [0, 0.05) is 10.1 Å². The van der Waals surface area contributed by atoms with Gasteiger partial charge in [0.25, 0.3) is 5.91 Å². The number of ether oxygens (including phenoxy) is 1. The van der Waals surface area contributed by atoms with Gasteiger partial charge in [-0.05, 0) is 18.2 Å². The number of benzene rings is 1. The highest BCUT2D eigenvalue weighted by Gasteiger charge is 2.28. The van der Waals surface area contributed by atoms with Crippen LogP contribution in [0.15, 0.2) is 18.2 Å². The number of amides is 3. The van der Waals surface area contributed by atoms with Gasteiger partial charge < -0.3 is 10.1 Å². The van der Waals surface area contributed by atoms with Gasteiger partial charge in [0.1, 0.15) is 17.2 Å². The van der Waals surface area contributed by atoms with Gasteiger partial charge in [0.15, 0.2) is 6.61 Å². The van der Waals surface area contributed by atoms with Crippen LogP contribution in [0.3, 0.4) is 0 Å². The molecule has 0 aliphatic carbocycles. The molecule has 12 heteroatoms. The van der Waals surface area contributed by atoms with E-state index in [9.17, 15) is 31.9 Å². The Morgan fingerprint density at radius 3 is 2.58 bits per heavy atom. The fraction of sp³-hybridized carbons (Fsp3) is 0.214. The van der Waals surface area contributed by atoms with Crippen molar-refractivity contribution in [3.05, 3.63) is 33.9 Å². The van der Waals surface area contributed by atoms with Crippen LogP contribution in [0, 0.1) is 5.82 Å². The number of halogens is 5. The molecular weight excluding hydrogens is 404 g/mol. The Balaban J connectivity index is 1.91. The molecule has 0 saturated carbocycles. The molecule has 1 aromatic heterocycles. The van der Waals surface area contributed by atoms with Gasteiger partial charge in [-0.25, -0.2) is 14.0 Å². The molecule has 3 amide bonds. The predicted octanol–water partition coefficient (Wildman–Crippen LogP) is 3.24. The molecule has 140 valence electrons. The highest BCUT2D eigenvalue weighted by Crippen LogP contribution is 2.36. The monoisotopic (exact) mass is 412 g/mol. The maximum Gasteiger partial charge on any atom is 0.405 e. The minimum Gasteiger partial charge on any atom is -0.451 e. The molecular formula is C14H9ClF4N2O4S. The summed E-state index contributed by atoms with van der Waals surface area (Å²) in [7, 11) is 0. The molecule has 0 atom stereocenters. The zero-order chi connectivity index (χ0) is 19.5. The Kier molecular flexibility index (Phi) is 6.03. The normalized spacial score (nSPS) is 11.3. The first-order valence-electron chi connectivity index (χ1n) is 6.76. The van der Waals surface area contributed by atoms with E-state index in [0.717, 1.165) is 17.4 Å². The molecule has 0 fully saturated rings. The van der Waals surface area contributed by atoms with E-state index in [1.165, 1.54) is 17.4 Å². The molecule has 0 aliphatic heterocycles. The van der Waals surface area contributed by atoms with Gasteiger partial charge in [-0.15, -0.1) is 11.3 Å². The molecule has 0 bridgehead atoms. The van der Waals surface area contributed by atoms with Gasteiger partial charge in [-0.1, -0.05) is 11.6 Å². The van der Waals surface area contributed by atoms with E-state index in [4.69, 9.17) is 11.6 Å². The summed E-state index contributed by atoms with van der Waals surface area (Å²) < 4.78 is 54.0. The number of alkyl halides is 3. The van der Waals surface area contributed by atoms with Gasteiger partial charge in [0.05, 0.1) is 5.02 Å². The lowest BCUT2D eigenvalue weighted by Gasteiger charge is -2.09. The number of hydrogen-bond acceptors (Lipinski definition) is 5. The highest BCUT2D eigenvalue weighted by molar-refractivity contribution is 7.21. The molecule has 26 heavy (non-hydrogen) atoms. The van der Waals surface area contributed by atoms with Crippen LogP contribution < -0.4 is 10.6 Å². The molecule has 2 N–H and O–H groups in total. The first kappa shape index (κ1) is 19.9. The zero-order valence-electron chi connectivity index (χ0n) is 12.6. The van der Waals surface area contributed by atoms with Crippen LogP contribution in [0.5, 0.6) is 0 Å². The van der Waals surface area contributed by atoms with Crippen molar-refractivity contribution >= 4 is 50.9 Å². The second-order valence-corrected chi connectivity index (χ2v) is 6.24. The van der Waals surface area contributed by atoms with Crippen molar-refractivity contribution in [3.63, 3.8) is 0 Å². The number of urea groups is 1. The average molecular weight is 413 g/mol. The van der Waals surface area contributed by atoms with Crippen LogP contribution in [0.2, 0.25) is 5.02 Å². The summed E-state index contributed by atoms with van der Waals surface area (Å²) in [6, 6.07) is 2.31. The van der Waals surface area contributed by atoms with Crippen LogP contribution in [0.4, 0.5) is 22.4 Å². The van der Waals surface area contributed by atoms with E-state index in [1.54, 1.807) is 5.32 Å².